The second-order valence-electron chi connectivity index (χ2n) is 6.29. The summed E-state index contributed by atoms with van der Waals surface area (Å²) in [5.41, 5.74) is 1.76. The van der Waals surface area contributed by atoms with Crippen LogP contribution in [0.3, 0.4) is 0 Å². The second kappa shape index (κ2) is 6.43. The standard InChI is InChI=1S/C19H20N4O/c24-18(17-14-22-11-6-10-20-19(22)21-17)23-12-5-4-9-16(23)13-15-7-2-1-3-8-15/h1-3,6-8,10-11,14,16H,4-5,9,12-13H2. The van der Waals surface area contributed by atoms with E-state index in [1.807, 2.05) is 23.2 Å². The van der Waals surface area contributed by atoms with E-state index in [1.165, 1.54) is 12.0 Å². The molecule has 1 atom stereocenters. The van der Waals surface area contributed by atoms with Gasteiger partial charge in [-0.3, -0.25) is 9.20 Å². The van der Waals surface area contributed by atoms with Gasteiger partial charge in [0.05, 0.1) is 0 Å². The molecule has 2 aromatic heterocycles. The Morgan fingerprint density at radius 1 is 1.17 bits per heavy atom. The quantitative estimate of drug-likeness (QED) is 0.745. The number of nitrogens with zero attached hydrogens (tertiary/aromatic N) is 4. The molecule has 4 rings (SSSR count). The Bertz CT molecular complexity index is 810. The van der Waals surface area contributed by atoms with Crippen LogP contribution in [0.4, 0.5) is 0 Å². The van der Waals surface area contributed by atoms with Gasteiger partial charge in [0, 0.05) is 31.2 Å². The van der Waals surface area contributed by atoms with Crippen molar-refractivity contribution in [2.24, 2.45) is 0 Å². The number of carbonyl (C=O) groups excluding carboxylic acids is 1. The van der Waals surface area contributed by atoms with Crippen molar-refractivity contribution < 1.29 is 4.79 Å². The molecule has 1 saturated heterocycles. The molecule has 0 aliphatic carbocycles. The van der Waals surface area contributed by atoms with Gasteiger partial charge < -0.3 is 4.90 Å². The van der Waals surface area contributed by atoms with E-state index >= 15 is 0 Å². The zero-order chi connectivity index (χ0) is 16.4. The van der Waals surface area contributed by atoms with E-state index in [9.17, 15) is 4.79 Å². The van der Waals surface area contributed by atoms with Gasteiger partial charge in [-0.2, -0.15) is 0 Å². The van der Waals surface area contributed by atoms with Crippen molar-refractivity contribution in [2.45, 2.75) is 31.7 Å². The molecule has 5 nitrogen and oxygen atoms in total. The first-order valence-electron chi connectivity index (χ1n) is 8.46. The fourth-order valence-corrected chi connectivity index (χ4v) is 3.45. The minimum Gasteiger partial charge on any atom is -0.334 e. The number of amides is 1. The predicted molar refractivity (Wildman–Crippen MR) is 91.8 cm³/mol. The highest BCUT2D eigenvalue weighted by Crippen LogP contribution is 2.22. The fraction of sp³-hybridized carbons (Fsp3) is 0.316. The number of aromatic nitrogens is 3. The van der Waals surface area contributed by atoms with Crippen LogP contribution in [0, 0.1) is 0 Å². The third-order valence-corrected chi connectivity index (χ3v) is 4.66. The highest BCUT2D eigenvalue weighted by atomic mass is 16.2. The van der Waals surface area contributed by atoms with Gasteiger partial charge in [0.1, 0.15) is 5.69 Å². The van der Waals surface area contributed by atoms with E-state index in [0.717, 1.165) is 25.8 Å². The molecule has 1 aromatic carbocycles. The summed E-state index contributed by atoms with van der Waals surface area (Å²) in [5.74, 6) is 0.582. The Morgan fingerprint density at radius 2 is 2.04 bits per heavy atom. The molecule has 0 N–H and O–H groups in total. The Balaban J connectivity index is 1.58. The summed E-state index contributed by atoms with van der Waals surface area (Å²) in [5, 5.41) is 0. The van der Waals surface area contributed by atoms with Crippen LogP contribution in [0.1, 0.15) is 35.3 Å². The maximum absolute atomic E-state index is 13.0. The van der Waals surface area contributed by atoms with Crippen molar-refractivity contribution in [3.05, 3.63) is 66.2 Å². The van der Waals surface area contributed by atoms with Gasteiger partial charge in [0.2, 0.25) is 5.78 Å². The molecule has 5 heteroatoms. The molecule has 122 valence electrons. The Morgan fingerprint density at radius 3 is 2.88 bits per heavy atom. The molecule has 24 heavy (non-hydrogen) atoms. The van der Waals surface area contributed by atoms with Gasteiger partial charge >= 0.3 is 0 Å². The van der Waals surface area contributed by atoms with E-state index in [2.05, 4.69) is 34.2 Å². The molecule has 3 heterocycles. The number of benzene rings is 1. The first-order chi connectivity index (χ1) is 11.8. The topological polar surface area (TPSA) is 50.5 Å². The van der Waals surface area contributed by atoms with E-state index in [0.29, 0.717) is 11.5 Å². The zero-order valence-electron chi connectivity index (χ0n) is 13.5. The summed E-state index contributed by atoms with van der Waals surface area (Å²) in [6, 6.07) is 12.5. The van der Waals surface area contributed by atoms with Crippen LogP contribution in [0.2, 0.25) is 0 Å². The zero-order valence-corrected chi connectivity index (χ0v) is 13.5. The molecule has 1 fully saturated rings. The molecule has 1 amide bonds. The van der Waals surface area contributed by atoms with Gasteiger partial charge in [-0.1, -0.05) is 30.3 Å². The molecular formula is C19H20N4O. The van der Waals surface area contributed by atoms with Crippen LogP contribution < -0.4 is 0 Å². The number of carbonyl (C=O) groups is 1. The van der Waals surface area contributed by atoms with Gasteiger partial charge in [0.25, 0.3) is 5.91 Å². The summed E-state index contributed by atoms with van der Waals surface area (Å²) >= 11 is 0. The Kier molecular flexibility index (Phi) is 3.99. The molecule has 0 saturated carbocycles. The minimum atomic E-state index is 0.0149. The van der Waals surface area contributed by atoms with Crippen molar-refractivity contribution in [1.82, 2.24) is 19.3 Å². The molecule has 1 aliphatic heterocycles. The summed E-state index contributed by atoms with van der Waals surface area (Å²) in [7, 11) is 0. The summed E-state index contributed by atoms with van der Waals surface area (Å²) < 4.78 is 1.80. The largest absolute Gasteiger partial charge is 0.334 e. The lowest BCUT2D eigenvalue weighted by molar-refractivity contribution is 0.0608. The molecule has 0 bridgehead atoms. The van der Waals surface area contributed by atoms with E-state index in [1.54, 1.807) is 16.8 Å². The molecule has 3 aromatic rings. The Labute approximate surface area is 141 Å². The van der Waals surface area contributed by atoms with Crippen LogP contribution in [-0.4, -0.2) is 37.8 Å². The van der Waals surface area contributed by atoms with Crippen molar-refractivity contribution in [3.63, 3.8) is 0 Å². The van der Waals surface area contributed by atoms with Gasteiger partial charge in [-0.15, -0.1) is 0 Å². The van der Waals surface area contributed by atoms with Crippen LogP contribution in [0.25, 0.3) is 5.78 Å². The SMILES string of the molecule is O=C(c1cn2cccnc2n1)N1CCCCC1Cc1ccccc1. The normalized spacial score (nSPS) is 18.0. The highest BCUT2D eigenvalue weighted by molar-refractivity contribution is 5.93. The van der Waals surface area contributed by atoms with Crippen molar-refractivity contribution in [3.8, 4) is 0 Å². The number of hydrogen-bond acceptors (Lipinski definition) is 3. The average Bonchev–Trinajstić information content (AvgIpc) is 3.07. The second-order valence-corrected chi connectivity index (χ2v) is 6.29. The molecular weight excluding hydrogens is 300 g/mol. The van der Waals surface area contributed by atoms with Crippen LogP contribution in [0.15, 0.2) is 55.0 Å². The average molecular weight is 320 g/mol. The Hall–Kier alpha value is -2.69. The number of hydrogen-bond donors (Lipinski definition) is 0. The van der Waals surface area contributed by atoms with Crippen molar-refractivity contribution in [2.75, 3.05) is 6.54 Å². The van der Waals surface area contributed by atoms with Gasteiger partial charge in [-0.05, 0) is 37.3 Å². The first kappa shape index (κ1) is 14.9. The van der Waals surface area contributed by atoms with Crippen LogP contribution in [0.5, 0.6) is 0 Å². The number of piperidine rings is 1. The predicted octanol–water partition coefficient (Wildman–Crippen LogP) is 2.97. The van der Waals surface area contributed by atoms with Gasteiger partial charge in [0.15, 0.2) is 0 Å². The van der Waals surface area contributed by atoms with Crippen molar-refractivity contribution >= 4 is 11.7 Å². The monoisotopic (exact) mass is 320 g/mol. The lowest BCUT2D eigenvalue weighted by atomic mass is 9.95. The lowest BCUT2D eigenvalue weighted by Gasteiger charge is -2.35. The summed E-state index contributed by atoms with van der Waals surface area (Å²) in [6.45, 7) is 0.803. The van der Waals surface area contributed by atoms with E-state index in [-0.39, 0.29) is 11.9 Å². The first-order valence-corrected chi connectivity index (χ1v) is 8.46. The molecule has 1 unspecified atom stereocenters. The third-order valence-electron chi connectivity index (χ3n) is 4.66. The van der Waals surface area contributed by atoms with Crippen molar-refractivity contribution in [1.29, 1.82) is 0 Å². The summed E-state index contributed by atoms with van der Waals surface area (Å²) in [4.78, 5) is 23.6. The fourth-order valence-electron chi connectivity index (χ4n) is 3.45. The smallest absolute Gasteiger partial charge is 0.274 e. The van der Waals surface area contributed by atoms with E-state index in [4.69, 9.17) is 0 Å². The number of fused-ring (bicyclic) bond motifs is 1. The molecule has 0 radical (unpaired) electrons. The van der Waals surface area contributed by atoms with E-state index < -0.39 is 0 Å². The maximum atomic E-state index is 13.0. The highest BCUT2D eigenvalue weighted by Gasteiger charge is 2.29. The van der Waals surface area contributed by atoms with Gasteiger partial charge in [-0.25, -0.2) is 9.97 Å². The number of rotatable bonds is 3. The van der Waals surface area contributed by atoms with Crippen LogP contribution >= 0.6 is 0 Å². The minimum absolute atomic E-state index is 0.0149. The maximum Gasteiger partial charge on any atom is 0.274 e. The molecule has 0 spiro atoms. The number of likely N-dealkylation sites (tertiary alicyclic amines) is 1. The molecule has 1 aliphatic rings. The summed E-state index contributed by atoms with van der Waals surface area (Å²) in [6.07, 6.45) is 9.51. The number of imidazole rings is 1. The third kappa shape index (κ3) is 2.89. The lowest BCUT2D eigenvalue weighted by Crippen LogP contribution is -2.45. The van der Waals surface area contributed by atoms with Crippen LogP contribution in [-0.2, 0) is 6.42 Å².